The second kappa shape index (κ2) is 8.27. The third-order valence-electron chi connectivity index (χ3n) is 4.06. The molecule has 0 saturated carbocycles. The van der Waals surface area contributed by atoms with E-state index in [0.717, 1.165) is 12.0 Å². The van der Waals surface area contributed by atoms with Crippen molar-refractivity contribution in [2.24, 2.45) is 0 Å². The summed E-state index contributed by atoms with van der Waals surface area (Å²) in [5.41, 5.74) is 8.27. The van der Waals surface area contributed by atoms with Crippen LogP contribution in [0.5, 0.6) is 0 Å². The van der Waals surface area contributed by atoms with E-state index in [0.29, 0.717) is 28.7 Å². The minimum Gasteiger partial charge on any atom is -0.399 e. The molecule has 7 nitrogen and oxygen atoms in total. The first-order chi connectivity index (χ1) is 13.0. The largest absolute Gasteiger partial charge is 0.399 e. The predicted octanol–water partition coefficient (Wildman–Crippen LogP) is 3.58. The highest BCUT2D eigenvalue weighted by molar-refractivity contribution is 6.04. The van der Waals surface area contributed by atoms with Gasteiger partial charge in [0.25, 0.3) is 5.91 Å². The second-order valence-electron chi connectivity index (χ2n) is 6.24. The molecule has 0 bridgehead atoms. The lowest BCUT2D eigenvalue weighted by Gasteiger charge is -2.14. The van der Waals surface area contributed by atoms with Gasteiger partial charge in [0, 0.05) is 41.3 Å². The number of nitrogens with one attached hydrogen (secondary N) is 2. The maximum atomic E-state index is 12.5. The number of nitrogens with two attached hydrogens (primary N) is 1. The summed E-state index contributed by atoms with van der Waals surface area (Å²) in [5.74, 6) is 0.572. The van der Waals surface area contributed by atoms with Gasteiger partial charge < -0.3 is 16.4 Å². The lowest BCUT2D eigenvalue weighted by Crippen LogP contribution is -2.18. The molecule has 0 unspecified atom stereocenters. The Balaban J connectivity index is 1.93. The molecule has 0 saturated heterocycles. The van der Waals surface area contributed by atoms with Crippen LogP contribution < -0.4 is 16.4 Å². The van der Waals surface area contributed by atoms with Gasteiger partial charge in [0.1, 0.15) is 5.82 Å². The van der Waals surface area contributed by atoms with Gasteiger partial charge in [-0.15, -0.1) is 0 Å². The number of carbonyl (C=O) groups is 1. The molecule has 1 amide bonds. The number of hydrogen-bond donors (Lipinski definition) is 3. The Morgan fingerprint density at radius 3 is 2.74 bits per heavy atom. The molecular weight excluding hydrogens is 340 g/mol. The van der Waals surface area contributed by atoms with Gasteiger partial charge in [-0.25, -0.2) is 4.98 Å². The summed E-state index contributed by atoms with van der Waals surface area (Å²) in [6, 6.07) is 12.5. The van der Waals surface area contributed by atoms with Crippen molar-refractivity contribution in [2.75, 3.05) is 16.4 Å². The molecule has 1 atom stereocenters. The number of nitrogens with zero attached hydrogens (tertiary/aromatic N) is 3. The number of anilines is 3. The van der Waals surface area contributed by atoms with Crippen molar-refractivity contribution in [1.29, 1.82) is 0 Å². The van der Waals surface area contributed by atoms with Crippen LogP contribution in [-0.4, -0.2) is 26.9 Å². The van der Waals surface area contributed by atoms with Crippen LogP contribution in [0.1, 0.15) is 30.6 Å². The van der Waals surface area contributed by atoms with Gasteiger partial charge in [-0.2, -0.15) is 4.98 Å². The van der Waals surface area contributed by atoms with E-state index in [4.69, 9.17) is 5.73 Å². The monoisotopic (exact) mass is 362 g/mol. The van der Waals surface area contributed by atoms with E-state index in [2.05, 4.69) is 32.5 Å². The highest BCUT2D eigenvalue weighted by Crippen LogP contribution is 2.22. The maximum absolute atomic E-state index is 12.5. The number of carbonyl (C=O) groups excluding carboxylic acids is 1. The van der Waals surface area contributed by atoms with Crippen LogP contribution in [0, 0.1) is 0 Å². The number of rotatable bonds is 6. The van der Waals surface area contributed by atoms with Crippen LogP contribution in [-0.2, 0) is 0 Å². The number of nitrogen functional groups attached to an aromatic ring is 1. The van der Waals surface area contributed by atoms with Gasteiger partial charge in [0.15, 0.2) is 0 Å². The Morgan fingerprint density at radius 1 is 1.19 bits per heavy atom. The second-order valence-corrected chi connectivity index (χ2v) is 6.24. The van der Waals surface area contributed by atoms with E-state index in [1.807, 2.05) is 19.1 Å². The zero-order chi connectivity index (χ0) is 19.2. The number of amides is 1. The summed E-state index contributed by atoms with van der Waals surface area (Å²) in [6.07, 6.45) is 4.34. The molecule has 0 radical (unpaired) electrons. The molecule has 4 N–H and O–H groups in total. The zero-order valence-corrected chi connectivity index (χ0v) is 15.3. The quantitative estimate of drug-likeness (QED) is 0.579. The minimum atomic E-state index is -0.285. The fourth-order valence-corrected chi connectivity index (χ4v) is 2.43. The van der Waals surface area contributed by atoms with E-state index >= 15 is 0 Å². The van der Waals surface area contributed by atoms with E-state index in [9.17, 15) is 4.79 Å². The molecule has 0 aliphatic heterocycles. The number of aromatic nitrogens is 3. The van der Waals surface area contributed by atoms with Crippen molar-refractivity contribution in [3.05, 3.63) is 60.4 Å². The first-order valence-corrected chi connectivity index (χ1v) is 8.78. The Kier molecular flexibility index (Phi) is 5.61. The van der Waals surface area contributed by atoms with Gasteiger partial charge in [0.05, 0.1) is 5.69 Å². The van der Waals surface area contributed by atoms with Crippen LogP contribution >= 0.6 is 0 Å². The molecule has 0 aliphatic carbocycles. The highest BCUT2D eigenvalue weighted by atomic mass is 16.1. The lowest BCUT2D eigenvalue weighted by atomic mass is 10.2. The first-order valence-electron chi connectivity index (χ1n) is 8.78. The van der Waals surface area contributed by atoms with Crippen molar-refractivity contribution in [3.63, 3.8) is 0 Å². The van der Waals surface area contributed by atoms with E-state index in [1.54, 1.807) is 42.7 Å². The summed E-state index contributed by atoms with van der Waals surface area (Å²) >= 11 is 0. The van der Waals surface area contributed by atoms with Crippen molar-refractivity contribution < 1.29 is 4.79 Å². The SMILES string of the molecule is CC[C@H](C)Nc1nc(NC(=O)c2cccc(N)c2)cc(-c2cccnc2)n1. The third kappa shape index (κ3) is 4.78. The summed E-state index contributed by atoms with van der Waals surface area (Å²) in [6.45, 7) is 4.12. The lowest BCUT2D eigenvalue weighted by molar-refractivity contribution is 0.102. The summed E-state index contributed by atoms with van der Waals surface area (Å²) in [7, 11) is 0. The van der Waals surface area contributed by atoms with E-state index < -0.39 is 0 Å². The molecule has 7 heteroatoms. The van der Waals surface area contributed by atoms with Crippen molar-refractivity contribution in [3.8, 4) is 11.3 Å². The zero-order valence-electron chi connectivity index (χ0n) is 15.3. The van der Waals surface area contributed by atoms with Gasteiger partial charge >= 0.3 is 0 Å². The number of benzene rings is 1. The predicted molar refractivity (Wildman–Crippen MR) is 107 cm³/mol. The molecular formula is C20H22N6O. The highest BCUT2D eigenvalue weighted by Gasteiger charge is 2.12. The average Bonchev–Trinajstić information content (AvgIpc) is 2.68. The molecule has 1 aromatic carbocycles. The smallest absolute Gasteiger partial charge is 0.256 e. The standard InChI is InChI=1S/C20H22N6O/c1-3-13(2)23-20-24-17(15-7-5-9-22-12-15)11-18(26-20)25-19(27)14-6-4-8-16(21)10-14/h4-13H,3,21H2,1-2H3,(H2,23,24,25,26,27)/t13-/m0/s1. The van der Waals surface area contributed by atoms with Gasteiger partial charge in [-0.1, -0.05) is 13.0 Å². The van der Waals surface area contributed by atoms with Crippen LogP contribution in [0.2, 0.25) is 0 Å². The average molecular weight is 362 g/mol. The topological polar surface area (TPSA) is 106 Å². The molecule has 138 valence electrons. The summed E-state index contributed by atoms with van der Waals surface area (Å²) < 4.78 is 0. The van der Waals surface area contributed by atoms with Crippen LogP contribution in [0.25, 0.3) is 11.3 Å². The number of pyridine rings is 1. The Hall–Kier alpha value is -3.48. The molecule has 3 rings (SSSR count). The maximum Gasteiger partial charge on any atom is 0.256 e. The van der Waals surface area contributed by atoms with Gasteiger partial charge in [0.2, 0.25) is 5.95 Å². The van der Waals surface area contributed by atoms with Crippen molar-refractivity contribution in [2.45, 2.75) is 26.3 Å². The molecule has 0 fully saturated rings. The van der Waals surface area contributed by atoms with Gasteiger partial charge in [-0.3, -0.25) is 9.78 Å². The molecule has 27 heavy (non-hydrogen) atoms. The molecule has 0 spiro atoms. The molecule has 2 aromatic heterocycles. The minimum absolute atomic E-state index is 0.201. The third-order valence-corrected chi connectivity index (χ3v) is 4.06. The van der Waals surface area contributed by atoms with Crippen LogP contribution in [0.4, 0.5) is 17.5 Å². The van der Waals surface area contributed by atoms with E-state index in [1.165, 1.54) is 0 Å². The Morgan fingerprint density at radius 2 is 2.04 bits per heavy atom. The van der Waals surface area contributed by atoms with Gasteiger partial charge in [-0.05, 0) is 43.7 Å². The molecule has 2 heterocycles. The Bertz CT molecular complexity index is 929. The summed E-state index contributed by atoms with van der Waals surface area (Å²) in [4.78, 5) is 25.7. The van der Waals surface area contributed by atoms with Crippen molar-refractivity contribution in [1.82, 2.24) is 15.0 Å². The van der Waals surface area contributed by atoms with Crippen molar-refractivity contribution >= 4 is 23.4 Å². The molecule has 3 aromatic rings. The fourth-order valence-electron chi connectivity index (χ4n) is 2.43. The normalized spacial score (nSPS) is 11.6. The van der Waals surface area contributed by atoms with Crippen LogP contribution in [0.15, 0.2) is 54.9 Å². The fraction of sp³-hybridized carbons (Fsp3) is 0.200. The first kappa shape index (κ1) is 18.3. The number of hydrogen-bond acceptors (Lipinski definition) is 6. The summed E-state index contributed by atoms with van der Waals surface area (Å²) in [5, 5.41) is 6.07. The van der Waals surface area contributed by atoms with Crippen LogP contribution in [0.3, 0.4) is 0 Å². The molecule has 0 aliphatic rings. The Labute approximate surface area is 158 Å². The van der Waals surface area contributed by atoms with E-state index in [-0.39, 0.29) is 11.9 Å².